The molecule has 0 spiro atoms. The lowest BCUT2D eigenvalue weighted by molar-refractivity contribution is 0.0522. The second-order valence-electron chi connectivity index (χ2n) is 3.78. The molecule has 4 heteroatoms. The summed E-state index contributed by atoms with van der Waals surface area (Å²) >= 11 is 0. The number of hydrogen-bond acceptors (Lipinski definition) is 2. The Labute approximate surface area is 95.0 Å². The van der Waals surface area contributed by atoms with E-state index in [0.29, 0.717) is 13.2 Å². The molecule has 1 heterocycles. The monoisotopic (exact) mass is 231 g/mol. The Balaban J connectivity index is 0.00000112. The summed E-state index contributed by atoms with van der Waals surface area (Å²) in [5.74, 6) is -0.218. The van der Waals surface area contributed by atoms with Crippen molar-refractivity contribution in [3.8, 4) is 0 Å². The molecule has 2 N–H and O–H groups in total. The zero-order valence-electron chi connectivity index (χ0n) is 8.41. The molecule has 84 valence electrons. The first-order valence-electron chi connectivity index (χ1n) is 4.83. The number of halogens is 2. The first kappa shape index (κ1) is 12.4. The van der Waals surface area contributed by atoms with Gasteiger partial charge in [0.15, 0.2) is 0 Å². The number of benzene rings is 1. The Morgan fingerprint density at radius 3 is 2.20 bits per heavy atom. The van der Waals surface area contributed by atoms with E-state index in [0.717, 1.165) is 18.4 Å². The van der Waals surface area contributed by atoms with Gasteiger partial charge in [-0.3, -0.25) is 0 Å². The second kappa shape index (κ2) is 4.92. The third-order valence-electron chi connectivity index (χ3n) is 2.80. The Kier molecular flexibility index (Phi) is 4.08. The summed E-state index contributed by atoms with van der Waals surface area (Å²) in [5, 5.41) is 0. The minimum Gasteiger partial charge on any atom is -0.381 e. The molecule has 0 aromatic heterocycles. The number of ether oxygens (including phenoxy) is 1. The lowest BCUT2D eigenvalue weighted by atomic mass is 9.84. The van der Waals surface area contributed by atoms with E-state index in [4.69, 9.17) is 10.5 Å². The Morgan fingerprint density at radius 2 is 1.67 bits per heavy atom. The molecule has 15 heavy (non-hydrogen) atoms. The van der Waals surface area contributed by atoms with Crippen molar-refractivity contribution in [3.63, 3.8) is 0 Å². The topological polar surface area (TPSA) is 35.2 Å². The molecule has 1 aromatic carbocycles. The van der Waals surface area contributed by atoms with Gasteiger partial charge in [0.25, 0.3) is 0 Å². The average Bonchev–Trinajstić information content (AvgIpc) is 2.19. The van der Waals surface area contributed by atoms with E-state index in [1.54, 1.807) is 12.1 Å². The maximum atomic E-state index is 12.7. The quantitative estimate of drug-likeness (QED) is 0.805. The lowest BCUT2D eigenvalue weighted by Gasteiger charge is -2.33. The van der Waals surface area contributed by atoms with Gasteiger partial charge in [-0.2, -0.15) is 0 Å². The molecule has 1 aliphatic rings. The highest BCUT2D eigenvalue weighted by atomic mass is 35.5. The lowest BCUT2D eigenvalue weighted by Crippen LogP contribution is -2.42. The highest BCUT2D eigenvalue weighted by Gasteiger charge is 2.29. The molecule has 0 atom stereocenters. The van der Waals surface area contributed by atoms with Gasteiger partial charge in [-0.1, -0.05) is 12.1 Å². The minimum atomic E-state index is -0.327. The molecular formula is C11H15ClFNO. The third kappa shape index (κ3) is 2.68. The van der Waals surface area contributed by atoms with E-state index >= 15 is 0 Å². The molecule has 1 fully saturated rings. The highest BCUT2D eigenvalue weighted by Crippen LogP contribution is 2.29. The molecule has 0 radical (unpaired) electrons. The van der Waals surface area contributed by atoms with Gasteiger partial charge < -0.3 is 10.5 Å². The molecule has 1 aliphatic heterocycles. The predicted molar refractivity (Wildman–Crippen MR) is 59.6 cm³/mol. The van der Waals surface area contributed by atoms with Gasteiger partial charge in [0.05, 0.1) is 0 Å². The summed E-state index contributed by atoms with van der Waals surface area (Å²) in [6, 6.07) is 6.44. The molecular weight excluding hydrogens is 217 g/mol. The van der Waals surface area contributed by atoms with Crippen LogP contribution in [0.5, 0.6) is 0 Å². The summed E-state index contributed by atoms with van der Waals surface area (Å²) < 4.78 is 18.0. The van der Waals surface area contributed by atoms with E-state index in [1.165, 1.54) is 12.1 Å². The molecule has 0 bridgehead atoms. The Morgan fingerprint density at radius 1 is 1.13 bits per heavy atom. The molecule has 1 saturated heterocycles. The van der Waals surface area contributed by atoms with E-state index in [-0.39, 0.29) is 23.8 Å². The van der Waals surface area contributed by atoms with Gasteiger partial charge in [-0.05, 0) is 30.5 Å². The van der Waals surface area contributed by atoms with Crippen molar-refractivity contribution in [2.45, 2.75) is 18.4 Å². The van der Waals surface area contributed by atoms with Crippen molar-refractivity contribution in [1.29, 1.82) is 0 Å². The van der Waals surface area contributed by atoms with Crippen LogP contribution in [0.25, 0.3) is 0 Å². The van der Waals surface area contributed by atoms with Crippen LogP contribution in [0.15, 0.2) is 24.3 Å². The van der Waals surface area contributed by atoms with Crippen molar-refractivity contribution in [2.75, 3.05) is 13.2 Å². The van der Waals surface area contributed by atoms with Gasteiger partial charge in [0.1, 0.15) is 5.82 Å². The van der Waals surface area contributed by atoms with E-state index in [2.05, 4.69) is 0 Å². The van der Waals surface area contributed by atoms with Crippen LogP contribution in [0.1, 0.15) is 18.4 Å². The van der Waals surface area contributed by atoms with Gasteiger partial charge in [0, 0.05) is 18.8 Å². The summed E-state index contributed by atoms with van der Waals surface area (Å²) in [4.78, 5) is 0. The molecule has 0 saturated carbocycles. The largest absolute Gasteiger partial charge is 0.381 e. The zero-order valence-corrected chi connectivity index (χ0v) is 9.23. The summed E-state index contributed by atoms with van der Waals surface area (Å²) in [6.07, 6.45) is 1.61. The molecule has 0 amide bonds. The van der Waals surface area contributed by atoms with Gasteiger partial charge in [-0.15, -0.1) is 12.4 Å². The van der Waals surface area contributed by atoms with E-state index in [1.807, 2.05) is 0 Å². The van der Waals surface area contributed by atoms with Crippen molar-refractivity contribution in [1.82, 2.24) is 0 Å². The van der Waals surface area contributed by atoms with Crippen molar-refractivity contribution < 1.29 is 9.13 Å². The smallest absolute Gasteiger partial charge is 0.123 e. The highest BCUT2D eigenvalue weighted by molar-refractivity contribution is 5.85. The fraction of sp³-hybridized carbons (Fsp3) is 0.455. The fourth-order valence-electron chi connectivity index (χ4n) is 1.81. The maximum absolute atomic E-state index is 12.7. The Bertz CT molecular complexity index is 309. The standard InChI is InChI=1S/C11H14FNO.ClH/c12-10-3-1-9(2-4-10)11(13)5-7-14-8-6-11;/h1-4H,5-8,13H2;1H. The normalized spacial score (nSPS) is 19.3. The third-order valence-corrected chi connectivity index (χ3v) is 2.80. The second-order valence-corrected chi connectivity index (χ2v) is 3.78. The van der Waals surface area contributed by atoms with Crippen LogP contribution in [0.2, 0.25) is 0 Å². The van der Waals surface area contributed by atoms with Crippen LogP contribution in [0.3, 0.4) is 0 Å². The van der Waals surface area contributed by atoms with Gasteiger partial charge in [-0.25, -0.2) is 4.39 Å². The first-order valence-corrected chi connectivity index (χ1v) is 4.83. The van der Waals surface area contributed by atoms with Crippen LogP contribution in [-0.4, -0.2) is 13.2 Å². The summed E-state index contributed by atoms with van der Waals surface area (Å²) in [7, 11) is 0. The molecule has 1 aromatic rings. The molecule has 0 unspecified atom stereocenters. The number of hydrogen-bond donors (Lipinski definition) is 1. The SMILES string of the molecule is Cl.NC1(c2ccc(F)cc2)CCOCC1. The zero-order chi connectivity index (χ0) is 10.0. The number of nitrogens with two attached hydrogens (primary N) is 1. The minimum absolute atomic E-state index is 0. The van der Waals surface area contributed by atoms with Crippen molar-refractivity contribution >= 4 is 12.4 Å². The van der Waals surface area contributed by atoms with E-state index < -0.39 is 0 Å². The molecule has 0 aliphatic carbocycles. The molecule has 2 nitrogen and oxygen atoms in total. The van der Waals surface area contributed by atoms with Crippen LogP contribution in [0.4, 0.5) is 4.39 Å². The number of rotatable bonds is 1. The average molecular weight is 232 g/mol. The van der Waals surface area contributed by atoms with Gasteiger partial charge in [0.2, 0.25) is 0 Å². The maximum Gasteiger partial charge on any atom is 0.123 e. The van der Waals surface area contributed by atoms with Crippen LogP contribution < -0.4 is 5.73 Å². The summed E-state index contributed by atoms with van der Waals surface area (Å²) in [6.45, 7) is 1.38. The van der Waals surface area contributed by atoms with Gasteiger partial charge >= 0.3 is 0 Å². The first-order chi connectivity index (χ1) is 6.71. The van der Waals surface area contributed by atoms with Crippen LogP contribution >= 0.6 is 12.4 Å². The van der Waals surface area contributed by atoms with E-state index in [9.17, 15) is 4.39 Å². The summed E-state index contributed by atoms with van der Waals surface area (Å²) in [5.41, 5.74) is 6.90. The molecule has 2 rings (SSSR count). The Hall–Kier alpha value is -0.640. The van der Waals surface area contributed by atoms with Crippen LogP contribution in [-0.2, 0) is 10.3 Å². The predicted octanol–water partition coefficient (Wildman–Crippen LogP) is 2.21. The fourth-order valence-corrected chi connectivity index (χ4v) is 1.81. The van der Waals surface area contributed by atoms with Crippen molar-refractivity contribution in [2.24, 2.45) is 5.73 Å². The van der Waals surface area contributed by atoms with Crippen LogP contribution in [0, 0.1) is 5.82 Å². The van der Waals surface area contributed by atoms with Crippen molar-refractivity contribution in [3.05, 3.63) is 35.6 Å².